The summed E-state index contributed by atoms with van der Waals surface area (Å²) < 4.78 is 26.5. The Balaban J connectivity index is 1.49. The van der Waals surface area contributed by atoms with Crippen LogP contribution in [-0.4, -0.2) is 22.0 Å². The predicted molar refractivity (Wildman–Crippen MR) is 85.5 cm³/mol. The van der Waals surface area contributed by atoms with Crippen molar-refractivity contribution in [2.75, 3.05) is 5.32 Å². The van der Waals surface area contributed by atoms with Crippen LogP contribution in [0.5, 0.6) is 0 Å². The molecular formula is C18H17F2N3O. The Morgan fingerprint density at radius 3 is 2.67 bits per heavy atom. The van der Waals surface area contributed by atoms with Gasteiger partial charge in [-0.1, -0.05) is 6.07 Å². The van der Waals surface area contributed by atoms with Crippen LogP contribution in [0.15, 0.2) is 36.5 Å². The highest BCUT2D eigenvalue weighted by atomic mass is 19.3. The zero-order valence-corrected chi connectivity index (χ0v) is 13.2. The molecule has 124 valence electrons. The van der Waals surface area contributed by atoms with Gasteiger partial charge in [-0.25, -0.2) is 8.78 Å². The van der Waals surface area contributed by atoms with E-state index in [2.05, 4.69) is 15.5 Å². The van der Waals surface area contributed by atoms with Crippen molar-refractivity contribution in [1.82, 2.24) is 10.2 Å². The molecule has 0 aliphatic heterocycles. The van der Waals surface area contributed by atoms with Crippen LogP contribution in [0.3, 0.4) is 0 Å². The monoisotopic (exact) mass is 329 g/mol. The Kier molecular flexibility index (Phi) is 3.37. The largest absolute Gasteiger partial charge is 0.326 e. The van der Waals surface area contributed by atoms with Crippen LogP contribution in [0.2, 0.25) is 0 Å². The number of benzene rings is 1. The van der Waals surface area contributed by atoms with Gasteiger partial charge in [0, 0.05) is 35.2 Å². The number of fused-ring (bicyclic) bond motifs is 1. The summed E-state index contributed by atoms with van der Waals surface area (Å²) in [4.78, 5) is 12.3. The second kappa shape index (κ2) is 5.33. The van der Waals surface area contributed by atoms with Crippen LogP contribution >= 0.6 is 0 Å². The Morgan fingerprint density at radius 2 is 2.00 bits per heavy atom. The number of amides is 1. The van der Waals surface area contributed by atoms with E-state index in [1.54, 1.807) is 12.3 Å². The molecule has 0 saturated heterocycles. The lowest BCUT2D eigenvalue weighted by Gasteiger charge is -2.15. The Labute approximate surface area is 138 Å². The average Bonchev–Trinajstić information content (AvgIpc) is 2.93. The lowest BCUT2D eigenvalue weighted by Crippen LogP contribution is -2.23. The van der Waals surface area contributed by atoms with Gasteiger partial charge in [0.15, 0.2) is 0 Å². The lowest BCUT2D eigenvalue weighted by atomic mass is 10.0. The number of hydrogen-bond acceptors (Lipinski definition) is 3. The quantitative estimate of drug-likeness (QED) is 0.934. The standard InChI is InChI=1S/C18H17F2N3O/c1-10-4-5-12(9-13(10)16-3-2-6-21-23-16)22-17(24)11-7-14-15(8-11)18(14,19)20/h2-6,9,11,14-15H,7-8H2,1H3,(H,22,24)/t11?,14-,15+. The number of anilines is 1. The number of halogens is 2. The maximum Gasteiger partial charge on any atom is 0.254 e. The second-order valence-electron chi connectivity index (χ2n) is 6.68. The molecule has 1 aromatic carbocycles. The van der Waals surface area contributed by atoms with Crippen molar-refractivity contribution in [1.29, 1.82) is 0 Å². The van der Waals surface area contributed by atoms with E-state index in [1.165, 1.54) is 0 Å². The van der Waals surface area contributed by atoms with Crippen LogP contribution < -0.4 is 5.32 Å². The van der Waals surface area contributed by atoms with Crippen molar-refractivity contribution in [2.45, 2.75) is 25.7 Å². The summed E-state index contributed by atoms with van der Waals surface area (Å²) in [5.41, 5.74) is 3.29. The number of aryl methyl sites for hydroxylation is 1. The van der Waals surface area contributed by atoms with Crippen LogP contribution in [0.1, 0.15) is 18.4 Å². The minimum atomic E-state index is -2.54. The van der Waals surface area contributed by atoms with E-state index >= 15 is 0 Å². The maximum atomic E-state index is 13.2. The smallest absolute Gasteiger partial charge is 0.254 e. The normalized spacial score (nSPS) is 26.7. The lowest BCUT2D eigenvalue weighted by molar-refractivity contribution is -0.120. The molecule has 0 radical (unpaired) electrons. The molecule has 1 amide bonds. The molecule has 2 aliphatic carbocycles. The number of aromatic nitrogens is 2. The van der Waals surface area contributed by atoms with Gasteiger partial charge >= 0.3 is 0 Å². The minimum absolute atomic E-state index is 0.174. The van der Waals surface area contributed by atoms with Gasteiger partial charge in [-0.05, 0) is 49.6 Å². The first-order valence-electron chi connectivity index (χ1n) is 8.04. The van der Waals surface area contributed by atoms with Gasteiger partial charge in [0.2, 0.25) is 5.91 Å². The SMILES string of the molecule is Cc1ccc(NC(=O)C2C[C@@H]3[C@H](C2)C3(F)F)cc1-c1cccnn1. The molecule has 1 unspecified atom stereocenters. The highest BCUT2D eigenvalue weighted by Gasteiger charge is 2.72. The topological polar surface area (TPSA) is 54.9 Å². The third-order valence-electron chi connectivity index (χ3n) is 5.17. The molecule has 2 fully saturated rings. The van der Waals surface area contributed by atoms with Crippen LogP contribution in [0.25, 0.3) is 11.3 Å². The average molecular weight is 329 g/mol. The number of rotatable bonds is 3. The number of hydrogen-bond donors (Lipinski definition) is 1. The molecule has 1 aromatic heterocycles. The van der Waals surface area contributed by atoms with Crippen molar-refractivity contribution in [3.8, 4) is 11.3 Å². The molecule has 3 atom stereocenters. The summed E-state index contributed by atoms with van der Waals surface area (Å²) >= 11 is 0. The fourth-order valence-corrected chi connectivity index (χ4v) is 3.69. The highest BCUT2D eigenvalue weighted by Crippen LogP contribution is 2.65. The van der Waals surface area contributed by atoms with E-state index in [-0.39, 0.29) is 24.7 Å². The van der Waals surface area contributed by atoms with Gasteiger partial charge < -0.3 is 5.32 Å². The van der Waals surface area contributed by atoms with Gasteiger partial charge in [-0.15, -0.1) is 0 Å². The summed E-state index contributed by atoms with van der Waals surface area (Å²) in [6.07, 6.45) is 2.17. The Bertz CT molecular complexity index is 780. The van der Waals surface area contributed by atoms with Crippen molar-refractivity contribution in [3.63, 3.8) is 0 Å². The molecule has 1 N–H and O–H groups in total. The van der Waals surface area contributed by atoms with Crippen molar-refractivity contribution in [3.05, 3.63) is 42.1 Å². The van der Waals surface area contributed by atoms with Crippen LogP contribution in [0, 0.1) is 24.7 Å². The molecule has 4 nitrogen and oxygen atoms in total. The van der Waals surface area contributed by atoms with E-state index in [0.717, 1.165) is 16.8 Å². The van der Waals surface area contributed by atoms with Crippen LogP contribution in [0.4, 0.5) is 14.5 Å². The summed E-state index contributed by atoms with van der Waals surface area (Å²) in [7, 11) is 0. The molecule has 4 rings (SSSR count). The third kappa shape index (κ3) is 2.46. The van der Waals surface area contributed by atoms with E-state index in [0.29, 0.717) is 5.69 Å². The highest BCUT2D eigenvalue weighted by molar-refractivity contribution is 5.93. The zero-order chi connectivity index (χ0) is 16.9. The number of carbonyl (C=O) groups excluding carboxylic acids is 1. The minimum Gasteiger partial charge on any atom is -0.326 e. The van der Waals surface area contributed by atoms with Crippen molar-refractivity contribution >= 4 is 11.6 Å². The fourth-order valence-electron chi connectivity index (χ4n) is 3.69. The first-order valence-corrected chi connectivity index (χ1v) is 8.04. The summed E-state index contributed by atoms with van der Waals surface area (Å²) in [5, 5.41) is 10.8. The van der Waals surface area contributed by atoms with Gasteiger partial charge in [0.05, 0.1) is 5.69 Å². The van der Waals surface area contributed by atoms with Crippen molar-refractivity contribution in [2.24, 2.45) is 17.8 Å². The molecule has 2 saturated carbocycles. The number of carbonyl (C=O) groups is 1. The zero-order valence-electron chi connectivity index (χ0n) is 13.2. The van der Waals surface area contributed by atoms with E-state index < -0.39 is 17.8 Å². The molecule has 24 heavy (non-hydrogen) atoms. The molecule has 6 heteroatoms. The Morgan fingerprint density at radius 1 is 1.25 bits per heavy atom. The first kappa shape index (κ1) is 15.2. The van der Waals surface area contributed by atoms with E-state index in [4.69, 9.17) is 0 Å². The van der Waals surface area contributed by atoms with Crippen LogP contribution in [-0.2, 0) is 4.79 Å². The Hall–Kier alpha value is -2.37. The fraction of sp³-hybridized carbons (Fsp3) is 0.389. The number of nitrogens with one attached hydrogen (secondary N) is 1. The maximum absolute atomic E-state index is 13.2. The third-order valence-corrected chi connectivity index (χ3v) is 5.17. The molecule has 0 spiro atoms. The van der Waals surface area contributed by atoms with E-state index in [1.807, 2.05) is 31.2 Å². The molecule has 2 aliphatic rings. The predicted octanol–water partition coefficient (Wildman–Crippen LogP) is 3.68. The van der Waals surface area contributed by atoms with E-state index in [9.17, 15) is 13.6 Å². The van der Waals surface area contributed by atoms with Crippen molar-refractivity contribution < 1.29 is 13.6 Å². The second-order valence-corrected chi connectivity index (χ2v) is 6.68. The summed E-state index contributed by atoms with van der Waals surface area (Å²) in [6, 6.07) is 9.23. The van der Waals surface area contributed by atoms with Gasteiger partial charge in [-0.2, -0.15) is 10.2 Å². The summed E-state index contributed by atoms with van der Waals surface area (Å²) in [6.45, 7) is 1.96. The van der Waals surface area contributed by atoms with Gasteiger partial charge in [0.25, 0.3) is 5.92 Å². The number of nitrogens with zero attached hydrogens (tertiary/aromatic N) is 2. The van der Waals surface area contributed by atoms with Gasteiger partial charge in [0.1, 0.15) is 0 Å². The summed E-state index contributed by atoms with van der Waals surface area (Å²) in [5.74, 6) is -4.23. The first-order chi connectivity index (χ1) is 11.5. The molecule has 1 heterocycles. The van der Waals surface area contributed by atoms with Gasteiger partial charge in [-0.3, -0.25) is 4.79 Å². The molecule has 0 bridgehead atoms. The molecular weight excluding hydrogens is 312 g/mol. The molecule has 2 aromatic rings. The number of alkyl halides is 2.